The number of carbonyl (C=O) groups excluding carboxylic acids is 1. The molecule has 0 saturated heterocycles. The minimum Gasteiger partial charge on any atom is -0.394 e. The minimum atomic E-state index is -0.229. The van der Waals surface area contributed by atoms with Crippen molar-refractivity contribution in [2.24, 2.45) is 0 Å². The van der Waals surface area contributed by atoms with Gasteiger partial charge < -0.3 is 15.7 Å². The molecule has 22 heavy (non-hydrogen) atoms. The number of nitrogens with one attached hydrogen (secondary N) is 2. The van der Waals surface area contributed by atoms with E-state index < -0.39 is 0 Å². The van der Waals surface area contributed by atoms with Crippen molar-refractivity contribution in [3.8, 4) is 10.6 Å². The van der Waals surface area contributed by atoms with Gasteiger partial charge in [0.2, 0.25) is 0 Å². The van der Waals surface area contributed by atoms with Crippen LogP contribution in [0.3, 0.4) is 0 Å². The molecule has 0 aromatic carbocycles. The quantitative estimate of drug-likeness (QED) is 0.726. The van der Waals surface area contributed by atoms with Gasteiger partial charge in [-0.1, -0.05) is 6.92 Å². The number of thiophene rings is 1. The van der Waals surface area contributed by atoms with Crippen LogP contribution in [0, 0.1) is 6.92 Å². The Balaban J connectivity index is 1.78. The summed E-state index contributed by atoms with van der Waals surface area (Å²) in [4.78, 5) is 18.5. The second kappa shape index (κ2) is 8.26. The van der Waals surface area contributed by atoms with Crippen molar-refractivity contribution >= 4 is 28.7 Å². The zero-order chi connectivity index (χ0) is 15.9. The molecule has 0 saturated carbocycles. The van der Waals surface area contributed by atoms with Crippen molar-refractivity contribution in [2.75, 3.05) is 13.2 Å². The second-order valence-corrected chi connectivity index (χ2v) is 7.19. The summed E-state index contributed by atoms with van der Waals surface area (Å²) in [6.07, 6.45) is 1.50. The number of aromatic nitrogens is 1. The first kappa shape index (κ1) is 16.9. The molecule has 0 bridgehead atoms. The third-order valence-electron chi connectivity index (χ3n) is 3.24. The van der Waals surface area contributed by atoms with Crippen molar-refractivity contribution in [3.05, 3.63) is 27.4 Å². The molecule has 0 aliphatic heterocycles. The van der Waals surface area contributed by atoms with E-state index in [1.54, 1.807) is 22.7 Å². The summed E-state index contributed by atoms with van der Waals surface area (Å²) in [6.45, 7) is 4.46. The first-order chi connectivity index (χ1) is 10.6. The Kier molecular flexibility index (Phi) is 6.35. The largest absolute Gasteiger partial charge is 0.394 e. The minimum absolute atomic E-state index is 0.0364. The average molecular weight is 339 g/mol. The average Bonchev–Trinajstić information content (AvgIpc) is 3.13. The molecule has 0 radical (unpaired) electrons. The molecular formula is C15H21N3O2S2. The molecule has 1 atom stereocenters. The van der Waals surface area contributed by atoms with Crippen molar-refractivity contribution in [2.45, 2.75) is 32.7 Å². The van der Waals surface area contributed by atoms with Gasteiger partial charge in [0.25, 0.3) is 0 Å². The van der Waals surface area contributed by atoms with E-state index in [1.807, 2.05) is 13.8 Å². The summed E-state index contributed by atoms with van der Waals surface area (Å²) in [5, 5.41) is 17.7. The zero-order valence-corrected chi connectivity index (χ0v) is 14.4. The Morgan fingerprint density at radius 1 is 1.45 bits per heavy atom. The van der Waals surface area contributed by atoms with Crippen LogP contribution in [0.5, 0.6) is 0 Å². The van der Waals surface area contributed by atoms with Crippen molar-refractivity contribution in [3.63, 3.8) is 0 Å². The Hall–Kier alpha value is -1.44. The molecule has 2 amide bonds. The van der Waals surface area contributed by atoms with Crippen LogP contribution in [0.1, 0.15) is 23.2 Å². The molecule has 0 aliphatic rings. The number of thiazole rings is 1. The molecule has 0 spiro atoms. The molecule has 1 unspecified atom stereocenters. The highest BCUT2D eigenvalue weighted by molar-refractivity contribution is 7.16. The lowest BCUT2D eigenvalue weighted by Gasteiger charge is -2.14. The molecule has 0 aliphatic carbocycles. The number of hydrogen-bond acceptors (Lipinski definition) is 5. The molecule has 2 aromatic rings. The molecule has 3 N–H and O–H groups in total. The standard InChI is InChI=1S/C15H21N3O2S2/c1-3-11(8-19)18-15(20)16-7-6-12-4-5-14(22-12)13-9-21-10(2)17-13/h4-5,9,11,19H,3,6-8H2,1-2H3,(H2,16,18,20). The number of urea groups is 1. The summed E-state index contributed by atoms with van der Waals surface area (Å²) < 4.78 is 0. The second-order valence-electron chi connectivity index (χ2n) is 4.96. The molecule has 2 aromatic heterocycles. The monoisotopic (exact) mass is 339 g/mol. The Morgan fingerprint density at radius 2 is 2.27 bits per heavy atom. The molecule has 120 valence electrons. The Bertz CT molecular complexity index is 605. The van der Waals surface area contributed by atoms with Crippen molar-refractivity contribution in [1.29, 1.82) is 0 Å². The number of aryl methyl sites for hydroxylation is 1. The lowest BCUT2D eigenvalue weighted by Crippen LogP contribution is -2.44. The zero-order valence-electron chi connectivity index (χ0n) is 12.8. The van der Waals surface area contributed by atoms with Crippen LogP contribution in [0.4, 0.5) is 4.79 Å². The van der Waals surface area contributed by atoms with Crippen LogP contribution in [0.15, 0.2) is 17.5 Å². The molecule has 2 rings (SSSR count). The van der Waals surface area contributed by atoms with Gasteiger partial charge in [0.1, 0.15) is 0 Å². The summed E-state index contributed by atoms with van der Waals surface area (Å²) in [5.41, 5.74) is 1.03. The third-order valence-corrected chi connectivity index (χ3v) is 5.18. The van der Waals surface area contributed by atoms with E-state index in [0.717, 1.165) is 22.0 Å². The summed E-state index contributed by atoms with van der Waals surface area (Å²) >= 11 is 3.36. The number of aliphatic hydroxyl groups is 1. The van der Waals surface area contributed by atoms with Gasteiger partial charge in [-0.05, 0) is 31.9 Å². The maximum absolute atomic E-state index is 11.7. The van der Waals surface area contributed by atoms with E-state index in [1.165, 1.54) is 4.88 Å². The fourth-order valence-electron chi connectivity index (χ4n) is 1.94. The lowest BCUT2D eigenvalue weighted by atomic mass is 10.2. The summed E-state index contributed by atoms with van der Waals surface area (Å²) in [6, 6.07) is 3.75. The van der Waals surface area contributed by atoms with Crippen LogP contribution in [-0.2, 0) is 6.42 Å². The molecule has 2 heterocycles. The summed E-state index contributed by atoms with van der Waals surface area (Å²) in [7, 11) is 0. The van der Waals surface area contributed by atoms with E-state index in [0.29, 0.717) is 13.0 Å². The van der Waals surface area contributed by atoms with Crippen LogP contribution in [0.25, 0.3) is 10.6 Å². The topological polar surface area (TPSA) is 74.2 Å². The molecule has 0 fully saturated rings. The number of amides is 2. The van der Waals surface area contributed by atoms with Crippen molar-refractivity contribution in [1.82, 2.24) is 15.6 Å². The van der Waals surface area contributed by atoms with Crippen LogP contribution < -0.4 is 10.6 Å². The Morgan fingerprint density at radius 3 is 2.91 bits per heavy atom. The lowest BCUT2D eigenvalue weighted by molar-refractivity contribution is 0.214. The maximum atomic E-state index is 11.7. The van der Waals surface area contributed by atoms with Gasteiger partial charge in [-0.2, -0.15) is 0 Å². The number of carbonyl (C=O) groups is 1. The van der Waals surface area contributed by atoms with Gasteiger partial charge in [-0.25, -0.2) is 9.78 Å². The molecule has 7 heteroatoms. The van der Waals surface area contributed by atoms with E-state index in [2.05, 4.69) is 33.1 Å². The van der Waals surface area contributed by atoms with E-state index in [9.17, 15) is 4.79 Å². The predicted molar refractivity (Wildman–Crippen MR) is 91.6 cm³/mol. The van der Waals surface area contributed by atoms with E-state index in [-0.39, 0.29) is 18.7 Å². The van der Waals surface area contributed by atoms with Crippen LogP contribution in [-0.4, -0.2) is 35.3 Å². The van der Waals surface area contributed by atoms with Gasteiger partial charge in [-0.3, -0.25) is 0 Å². The van der Waals surface area contributed by atoms with Gasteiger partial charge in [0.15, 0.2) is 0 Å². The number of nitrogens with zero attached hydrogens (tertiary/aromatic N) is 1. The third kappa shape index (κ3) is 4.79. The highest BCUT2D eigenvalue weighted by Gasteiger charge is 2.09. The normalized spacial score (nSPS) is 12.1. The Labute approximate surface area is 138 Å². The predicted octanol–water partition coefficient (Wildman–Crippen LogP) is 2.79. The number of rotatable bonds is 7. The number of aliphatic hydroxyl groups excluding tert-OH is 1. The van der Waals surface area contributed by atoms with Crippen LogP contribution in [0.2, 0.25) is 0 Å². The fourth-order valence-corrected chi connectivity index (χ4v) is 3.59. The molecule has 5 nitrogen and oxygen atoms in total. The first-order valence-corrected chi connectivity index (χ1v) is 8.98. The first-order valence-electron chi connectivity index (χ1n) is 7.28. The fraction of sp³-hybridized carbons (Fsp3) is 0.467. The molecular weight excluding hydrogens is 318 g/mol. The highest BCUT2D eigenvalue weighted by atomic mass is 32.1. The van der Waals surface area contributed by atoms with E-state index in [4.69, 9.17) is 5.11 Å². The van der Waals surface area contributed by atoms with Crippen molar-refractivity contribution < 1.29 is 9.90 Å². The van der Waals surface area contributed by atoms with Gasteiger partial charge in [-0.15, -0.1) is 22.7 Å². The van der Waals surface area contributed by atoms with Gasteiger partial charge in [0, 0.05) is 16.8 Å². The maximum Gasteiger partial charge on any atom is 0.315 e. The van der Waals surface area contributed by atoms with Gasteiger partial charge >= 0.3 is 6.03 Å². The van der Waals surface area contributed by atoms with Gasteiger partial charge in [0.05, 0.1) is 28.2 Å². The van der Waals surface area contributed by atoms with E-state index >= 15 is 0 Å². The van der Waals surface area contributed by atoms with Crippen LogP contribution >= 0.6 is 22.7 Å². The highest BCUT2D eigenvalue weighted by Crippen LogP contribution is 2.29. The SMILES string of the molecule is CCC(CO)NC(=O)NCCc1ccc(-c2csc(C)n2)s1. The smallest absolute Gasteiger partial charge is 0.315 e. The number of hydrogen-bond donors (Lipinski definition) is 3. The summed E-state index contributed by atoms with van der Waals surface area (Å²) in [5.74, 6) is 0.